The predicted molar refractivity (Wildman–Crippen MR) is 78.7 cm³/mol. The molecule has 2 aliphatic rings. The van der Waals surface area contributed by atoms with E-state index in [-0.39, 0.29) is 24.7 Å². The van der Waals surface area contributed by atoms with Gasteiger partial charge in [-0.05, 0) is 6.92 Å². The summed E-state index contributed by atoms with van der Waals surface area (Å²) < 4.78 is 4.79. The number of alkyl carbamates (subject to hydrolysis) is 1. The van der Waals surface area contributed by atoms with Gasteiger partial charge in [-0.25, -0.2) is 4.79 Å². The van der Waals surface area contributed by atoms with E-state index in [2.05, 4.69) is 5.32 Å². The predicted octanol–water partition coefficient (Wildman–Crippen LogP) is 1.38. The highest BCUT2D eigenvalue weighted by Gasteiger charge is 2.38. The number of fused-ring (bicyclic) bond motifs is 1. The summed E-state index contributed by atoms with van der Waals surface area (Å²) >= 11 is 0. The topological polar surface area (TPSA) is 75.5 Å². The molecule has 0 aromatic heterocycles. The minimum Gasteiger partial charge on any atom is -0.450 e. The largest absolute Gasteiger partial charge is 0.450 e. The Balaban J connectivity index is 1.93. The fraction of sp³-hybridized carbons (Fsp3) is 0.312. The average molecular weight is 300 g/mol. The number of carbonyl (C=O) groups is 3. The molecule has 1 heterocycles. The van der Waals surface area contributed by atoms with Crippen molar-refractivity contribution in [2.24, 2.45) is 0 Å². The first-order valence-electron chi connectivity index (χ1n) is 7.20. The minimum atomic E-state index is -0.598. The van der Waals surface area contributed by atoms with E-state index in [1.165, 1.54) is 0 Å². The van der Waals surface area contributed by atoms with Crippen molar-refractivity contribution in [1.82, 2.24) is 10.2 Å². The standard InChI is InChI=1S/C16H16N2O4/c1-2-22-16(21)17-9-12-13(18-7-8-18)15(20)11-6-4-3-5-10(11)14(12)19/h3-6H,2,7-9H2,1H3,(H,17,21). The van der Waals surface area contributed by atoms with Gasteiger partial charge in [-0.2, -0.15) is 0 Å². The molecule has 1 saturated heterocycles. The Hall–Kier alpha value is -2.63. The van der Waals surface area contributed by atoms with Crippen LogP contribution in [0.2, 0.25) is 0 Å². The zero-order chi connectivity index (χ0) is 15.7. The van der Waals surface area contributed by atoms with Gasteiger partial charge in [0.1, 0.15) is 0 Å². The van der Waals surface area contributed by atoms with Crippen molar-refractivity contribution < 1.29 is 19.1 Å². The van der Waals surface area contributed by atoms with Gasteiger partial charge in [0.15, 0.2) is 5.78 Å². The van der Waals surface area contributed by atoms with Crippen molar-refractivity contribution in [1.29, 1.82) is 0 Å². The number of ether oxygens (including phenoxy) is 1. The van der Waals surface area contributed by atoms with Crippen LogP contribution in [0.15, 0.2) is 35.5 Å². The molecule has 0 atom stereocenters. The molecule has 6 heteroatoms. The molecule has 1 amide bonds. The van der Waals surface area contributed by atoms with E-state index < -0.39 is 6.09 Å². The van der Waals surface area contributed by atoms with Gasteiger partial charge in [-0.3, -0.25) is 9.59 Å². The summed E-state index contributed by atoms with van der Waals surface area (Å²) in [5, 5.41) is 2.53. The lowest BCUT2D eigenvalue weighted by atomic mass is 9.87. The second kappa shape index (κ2) is 5.63. The van der Waals surface area contributed by atoms with Crippen LogP contribution < -0.4 is 5.32 Å². The number of allylic oxidation sites excluding steroid dienone is 1. The van der Waals surface area contributed by atoms with Crippen LogP contribution in [0.4, 0.5) is 4.79 Å². The Morgan fingerprint density at radius 3 is 2.41 bits per heavy atom. The lowest BCUT2D eigenvalue weighted by Gasteiger charge is -2.22. The number of rotatable bonds is 4. The lowest BCUT2D eigenvalue weighted by Crippen LogP contribution is -2.34. The third kappa shape index (κ3) is 2.47. The molecule has 0 spiro atoms. The summed E-state index contributed by atoms with van der Waals surface area (Å²) in [5.41, 5.74) is 1.54. The molecule has 0 radical (unpaired) electrons. The van der Waals surface area contributed by atoms with Crippen LogP contribution in [-0.2, 0) is 4.74 Å². The van der Waals surface area contributed by atoms with Crippen LogP contribution in [0.1, 0.15) is 27.6 Å². The van der Waals surface area contributed by atoms with Gasteiger partial charge in [0, 0.05) is 29.8 Å². The average Bonchev–Trinajstić information content (AvgIpc) is 3.34. The summed E-state index contributed by atoms with van der Waals surface area (Å²) in [6.45, 7) is 3.44. The molecule has 1 aromatic rings. The van der Waals surface area contributed by atoms with Gasteiger partial charge < -0.3 is 15.0 Å². The van der Waals surface area contributed by atoms with Crippen LogP contribution in [-0.4, -0.2) is 48.8 Å². The molecule has 1 aliphatic heterocycles. The number of amides is 1. The second-order valence-corrected chi connectivity index (χ2v) is 5.09. The maximum Gasteiger partial charge on any atom is 0.407 e. The minimum absolute atomic E-state index is 0.0103. The van der Waals surface area contributed by atoms with Crippen molar-refractivity contribution in [3.05, 3.63) is 46.7 Å². The second-order valence-electron chi connectivity index (χ2n) is 5.09. The molecule has 0 saturated carbocycles. The van der Waals surface area contributed by atoms with Crippen LogP contribution in [0, 0.1) is 0 Å². The first-order valence-corrected chi connectivity index (χ1v) is 7.20. The number of hydrogen-bond donors (Lipinski definition) is 1. The molecule has 114 valence electrons. The van der Waals surface area contributed by atoms with Crippen LogP contribution in [0.5, 0.6) is 0 Å². The molecule has 6 nitrogen and oxygen atoms in total. The van der Waals surface area contributed by atoms with Gasteiger partial charge in [0.05, 0.1) is 18.8 Å². The first-order chi connectivity index (χ1) is 10.6. The van der Waals surface area contributed by atoms with E-state index in [9.17, 15) is 14.4 Å². The Morgan fingerprint density at radius 2 is 1.82 bits per heavy atom. The number of nitrogens with zero attached hydrogens (tertiary/aromatic N) is 1. The highest BCUT2D eigenvalue weighted by molar-refractivity contribution is 6.27. The third-order valence-electron chi connectivity index (χ3n) is 3.64. The normalized spacial score (nSPS) is 16.5. The number of ketones is 2. The van der Waals surface area contributed by atoms with Crippen molar-refractivity contribution in [2.75, 3.05) is 26.2 Å². The lowest BCUT2D eigenvalue weighted by molar-refractivity contribution is 0.0957. The van der Waals surface area contributed by atoms with E-state index in [0.717, 1.165) is 13.1 Å². The fourth-order valence-electron chi connectivity index (χ4n) is 2.53. The van der Waals surface area contributed by atoms with Crippen LogP contribution >= 0.6 is 0 Å². The number of carbonyl (C=O) groups excluding carboxylic acids is 3. The zero-order valence-corrected chi connectivity index (χ0v) is 12.2. The van der Waals surface area contributed by atoms with Gasteiger partial charge in [-0.1, -0.05) is 24.3 Å². The Labute approximate surface area is 127 Å². The SMILES string of the molecule is CCOC(=O)NCC1=C(N2CC2)C(=O)c2ccccc2C1=O. The molecule has 0 bridgehead atoms. The maximum atomic E-state index is 12.6. The van der Waals surface area contributed by atoms with Gasteiger partial charge in [-0.15, -0.1) is 0 Å². The Bertz CT molecular complexity index is 689. The Morgan fingerprint density at radius 1 is 1.18 bits per heavy atom. The molecular formula is C16H16N2O4. The molecule has 22 heavy (non-hydrogen) atoms. The highest BCUT2D eigenvalue weighted by Crippen LogP contribution is 2.30. The maximum absolute atomic E-state index is 12.6. The first kappa shape index (κ1) is 14.3. The summed E-state index contributed by atoms with van der Waals surface area (Å²) in [6.07, 6.45) is -0.598. The van der Waals surface area contributed by atoms with Crippen molar-refractivity contribution in [3.63, 3.8) is 0 Å². The van der Waals surface area contributed by atoms with Crippen molar-refractivity contribution in [3.8, 4) is 0 Å². The van der Waals surface area contributed by atoms with E-state index in [1.807, 2.05) is 4.90 Å². The summed E-state index contributed by atoms with van der Waals surface area (Å²) in [5.74, 6) is -0.373. The number of Topliss-reactive ketones (excluding diaryl/α,β-unsaturated/α-hetero) is 2. The molecule has 0 unspecified atom stereocenters. The van der Waals surface area contributed by atoms with Crippen molar-refractivity contribution >= 4 is 17.7 Å². The smallest absolute Gasteiger partial charge is 0.407 e. The third-order valence-corrected chi connectivity index (χ3v) is 3.64. The van der Waals surface area contributed by atoms with Crippen molar-refractivity contribution in [2.45, 2.75) is 6.92 Å². The van der Waals surface area contributed by atoms with Crippen LogP contribution in [0.25, 0.3) is 0 Å². The van der Waals surface area contributed by atoms with E-state index in [4.69, 9.17) is 4.74 Å². The molecule has 1 aliphatic carbocycles. The van der Waals surface area contributed by atoms with Gasteiger partial charge in [0.2, 0.25) is 5.78 Å². The Kier molecular flexibility index (Phi) is 3.66. The molecule has 1 N–H and O–H groups in total. The van der Waals surface area contributed by atoms with Gasteiger partial charge >= 0.3 is 6.09 Å². The quantitative estimate of drug-likeness (QED) is 0.850. The number of benzene rings is 1. The summed E-state index contributed by atoms with van der Waals surface area (Å²) in [7, 11) is 0. The number of nitrogens with one attached hydrogen (secondary N) is 1. The zero-order valence-electron chi connectivity index (χ0n) is 12.2. The highest BCUT2D eigenvalue weighted by atomic mass is 16.5. The van der Waals surface area contributed by atoms with Crippen LogP contribution in [0.3, 0.4) is 0 Å². The molecule has 1 fully saturated rings. The summed E-state index contributed by atoms with van der Waals surface area (Å²) in [4.78, 5) is 38.6. The molecule has 1 aromatic carbocycles. The van der Waals surface area contributed by atoms with E-state index in [1.54, 1.807) is 31.2 Å². The summed E-state index contributed by atoms with van der Waals surface area (Å²) in [6, 6.07) is 6.77. The molecule has 3 rings (SSSR count). The van der Waals surface area contributed by atoms with E-state index >= 15 is 0 Å². The van der Waals surface area contributed by atoms with Gasteiger partial charge in [0.25, 0.3) is 0 Å². The number of hydrogen-bond acceptors (Lipinski definition) is 5. The monoisotopic (exact) mass is 300 g/mol. The molecular weight excluding hydrogens is 284 g/mol. The van der Waals surface area contributed by atoms with E-state index in [0.29, 0.717) is 22.4 Å². The fourth-order valence-corrected chi connectivity index (χ4v) is 2.53.